The molecule has 0 aromatic heterocycles. The van der Waals surface area contributed by atoms with Crippen LogP contribution in [0.15, 0.2) is 0 Å². The molecule has 1 unspecified atom stereocenters. The molecule has 0 aliphatic rings. The Labute approximate surface area is 346 Å². The molecule has 0 aliphatic heterocycles. The SMILES string of the molecule is CCCCCCCCCCCCCCCCCCNC(=O)C(CC(N)=O)(C(C)(C(=O)O)C(=O)O)S(=O)(=O)O.[H-].[H-].[H-].[H-].[Na+].[Na+].[Na+].[Na+]. The number of unbranched alkanes of at least 4 members (excludes halogenated alkanes) is 15. The van der Waals surface area contributed by atoms with E-state index in [0.717, 1.165) is 25.7 Å². The topological polar surface area (TPSA) is 201 Å². The van der Waals surface area contributed by atoms with Gasteiger partial charge in [-0.15, -0.1) is 0 Å². The number of hydrogen-bond donors (Lipinski definition) is 5. The Hall–Kier alpha value is 1.79. The summed E-state index contributed by atoms with van der Waals surface area (Å²) >= 11 is 0. The fraction of sp³-hybridized carbons (Fsp3) is 0.846. The first-order valence-corrected chi connectivity index (χ1v) is 15.2. The number of aliphatic carboxylic acids is 2. The molecular weight excluding hydrogens is 608 g/mol. The Balaban J connectivity index is -0.000000244. The minimum Gasteiger partial charge on any atom is -1.00 e. The van der Waals surface area contributed by atoms with E-state index < -0.39 is 50.5 Å². The fourth-order valence-corrected chi connectivity index (χ4v) is 5.97. The predicted molar refractivity (Wildman–Crippen MR) is 148 cm³/mol. The number of carboxylic acids is 2. The van der Waals surface area contributed by atoms with Crippen LogP contribution < -0.4 is 129 Å². The second kappa shape index (κ2) is 29.0. The van der Waals surface area contributed by atoms with E-state index in [1.54, 1.807) is 0 Å². The Morgan fingerprint density at radius 3 is 1.26 bits per heavy atom. The van der Waals surface area contributed by atoms with E-state index >= 15 is 0 Å². The zero-order valence-electron chi connectivity index (χ0n) is 31.0. The van der Waals surface area contributed by atoms with Crippen molar-refractivity contribution in [2.75, 3.05) is 6.54 Å². The van der Waals surface area contributed by atoms with Crippen molar-refractivity contribution in [3.63, 3.8) is 0 Å². The van der Waals surface area contributed by atoms with Gasteiger partial charge in [-0.05, 0) is 13.3 Å². The summed E-state index contributed by atoms with van der Waals surface area (Å²) in [5.74, 6) is -7.51. The Morgan fingerprint density at radius 1 is 0.690 bits per heavy atom. The van der Waals surface area contributed by atoms with Crippen molar-refractivity contribution in [3.8, 4) is 0 Å². The van der Waals surface area contributed by atoms with Crippen molar-refractivity contribution in [2.24, 2.45) is 11.1 Å². The normalized spacial score (nSPS) is 12.3. The van der Waals surface area contributed by atoms with Crippen LogP contribution >= 0.6 is 0 Å². The van der Waals surface area contributed by atoms with Crippen LogP contribution in [-0.2, 0) is 29.3 Å². The van der Waals surface area contributed by atoms with Crippen molar-refractivity contribution >= 4 is 33.9 Å². The molecule has 230 valence electrons. The van der Waals surface area contributed by atoms with Crippen LogP contribution in [0.2, 0.25) is 0 Å². The molecule has 0 rings (SSSR count). The van der Waals surface area contributed by atoms with Crippen molar-refractivity contribution < 1.29 is 166 Å². The number of hydrogen-bond acceptors (Lipinski definition) is 6. The van der Waals surface area contributed by atoms with Gasteiger partial charge in [0.25, 0.3) is 10.1 Å². The van der Waals surface area contributed by atoms with Crippen LogP contribution in [0.4, 0.5) is 0 Å². The molecule has 0 saturated heterocycles. The number of nitrogens with two attached hydrogens (primary N) is 1. The molecule has 0 aromatic carbocycles. The standard InChI is InChI=1S/C26H48N2O9S.4Na.4H/c1-3-4-5-6-7-8-9-10-11-12-13-14-15-16-17-18-19-28-22(30)26(20-21(27)29,38(35,36)37)25(2,23(31)32)24(33)34;;;;;;;;/h3-20H2,1-2H3,(H2,27,29)(H,28,30)(H,31,32)(H,33,34)(H,35,36,37);;;;;;;;/q;4*+1;4*-1. The maximum Gasteiger partial charge on any atom is 1.00 e. The summed E-state index contributed by atoms with van der Waals surface area (Å²) in [5.41, 5.74) is 1.64. The Kier molecular flexibility index (Phi) is 36.8. The molecule has 0 bridgehead atoms. The van der Waals surface area contributed by atoms with E-state index in [-0.39, 0.29) is 130 Å². The number of carbonyl (C=O) groups excluding carboxylic acids is 2. The average Bonchev–Trinajstić information content (AvgIpc) is 2.82. The van der Waals surface area contributed by atoms with Gasteiger partial charge in [-0.3, -0.25) is 23.7 Å². The zero-order valence-corrected chi connectivity index (χ0v) is 35.8. The number of amides is 2. The molecule has 16 heteroatoms. The van der Waals surface area contributed by atoms with Crippen LogP contribution in [0.25, 0.3) is 0 Å². The van der Waals surface area contributed by atoms with Crippen molar-refractivity contribution in [2.45, 2.75) is 128 Å². The molecule has 0 aromatic rings. The second-order valence-corrected chi connectivity index (χ2v) is 11.9. The Morgan fingerprint density at radius 2 is 1.00 bits per heavy atom. The molecule has 6 N–H and O–H groups in total. The maximum absolute atomic E-state index is 12.9. The molecule has 0 heterocycles. The third-order valence-electron chi connectivity index (χ3n) is 7.21. The minimum absolute atomic E-state index is 0. The number of rotatable bonds is 24. The van der Waals surface area contributed by atoms with Crippen LogP contribution in [0.3, 0.4) is 0 Å². The summed E-state index contributed by atoms with van der Waals surface area (Å²) < 4.78 is 30.7. The first-order valence-electron chi connectivity index (χ1n) is 13.8. The average molecular weight is 661 g/mol. The summed E-state index contributed by atoms with van der Waals surface area (Å²) in [5, 5.41) is 21.2. The molecule has 0 radical (unpaired) electrons. The van der Waals surface area contributed by atoms with E-state index in [0.29, 0.717) is 19.8 Å². The predicted octanol–water partition coefficient (Wildman–Crippen LogP) is -7.49. The van der Waals surface area contributed by atoms with Crippen LogP contribution in [0, 0.1) is 5.41 Å². The monoisotopic (exact) mass is 660 g/mol. The summed E-state index contributed by atoms with van der Waals surface area (Å²) in [4.78, 5) is 48.0. The van der Waals surface area contributed by atoms with Gasteiger partial charge in [0.05, 0.1) is 6.42 Å². The molecular formula is C26H52N2Na4O9S. The first-order chi connectivity index (χ1) is 17.8. The maximum atomic E-state index is 12.9. The Bertz CT molecular complexity index is 885. The van der Waals surface area contributed by atoms with Gasteiger partial charge in [-0.2, -0.15) is 8.42 Å². The molecule has 0 fully saturated rings. The van der Waals surface area contributed by atoms with E-state index in [9.17, 15) is 42.4 Å². The van der Waals surface area contributed by atoms with Gasteiger partial charge in [-0.25, -0.2) is 0 Å². The quantitative estimate of drug-likeness (QED) is 0.0289. The fourth-order valence-electron chi connectivity index (χ4n) is 4.65. The van der Waals surface area contributed by atoms with E-state index in [1.807, 2.05) is 0 Å². The van der Waals surface area contributed by atoms with Crippen molar-refractivity contribution in [1.82, 2.24) is 5.32 Å². The molecule has 2 amide bonds. The third kappa shape index (κ3) is 18.2. The second-order valence-electron chi connectivity index (χ2n) is 10.2. The molecule has 1 atom stereocenters. The summed E-state index contributed by atoms with van der Waals surface area (Å²) in [6.07, 6.45) is 16.7. The van der Waals surface area contributed by atoms with Gasteiger partial charge in [0, 0.05) is 6.54 Å². The van der Waals surface area contributed by atoms with Gasteiger partial charge >= 0.3 is 130 Å². The van der Waals surface area contributed by atoms with E-state index in [4.69, 9.17) is 5.73 Å². The molecule has 42 heavy (non-hydrogen) atoms. The third-order valence-corrected chi connectivity index (χ3v) is 8.83. The summed E-state index contributed by atoms with van der Waals surface area (Å²) in [6, 6.07) is 0. The van der Waals surface area contributed by atoms with Crippen molar-refractivity contribution in [1.29, 1.82) is 0 Å². The van der Waals surface area contributed by atoms with E-state index in [2.05, 4.69) is 12.2 Å². The van der Waals surface area contributed by atoms with Gasteiger partial charge in [0.2, 0.25) is 16.6 Å². The smallest absolute Gasteiger partial charge is 1.00 e. The van der Waals surface area contributed by atoms with Gasteiger partial charge < -0.3 is 27.0 Å². The van der Waals surface area contributed by atoms with Crippen LogP contribution in [0.5, 0.6) is 0 Å². The van der Waals surface area contributed by atoms with Gasteiger partial charge in [0.1, 0.15) is 0 Å². The van der Waals surface area contributed by atoms with Gasteiger partial charge in [-0.1, -0.05) is 103 Å². The molecule has 0 saturated carbocycles. The minimum atomic E-state index is -5.72. The van der Waals surface area contributed by atoms with Crippen LogP contribution in [0.1, 0.15) is 129 Å². The summed E-state index contributed by atoms with van der Waals surface area (Å²) in [7, 11) is -5.72. The number of carboxylic acid groups (broad SMARTS) is 2. The summed E-state index contributed by atoms with van der Waals surface area (Å²) in [6.45, 7) is 2.57. The zero-order chi connectivity index (χ0) is 29.2. The van der Waals surface area contributed by atoms with Crippen LogP contribution in [-0.4, -0.2) is 58.2 Å². The molecule has 11 nitrogen and oxygen atoms in total. The number of primary amides is 1. The van der Waals surface area contributed by atoms with E-state index in [1.165, 1.54) is 64.2 Å². The van der Waals surface area contributed by atoms with Crippen molar-refractivity contribution in [3.05, 3.63) is 0 Å². The first kappa shape index (κ1) is 53.3. The number of carbonyl (C=O) groups is 4. The largest absolute Gasteiger partial charge is 1.00 e. The molecule has 0 spiro atoms. The molecule has 0 aliphatic carbocycles. The number of nitrogens with one attached hydrogen (secondary N) is 1. The van der Waals surface area contributed by atoms with Gasteiger partial charge in [0.15, 0.2) is 5.41 Å².